The SMILES string of the molecule is O.O=C(O)CCS.O=C(O)CCS.O=C(O)CCS.O=C(O)CCS.O=C(O)CCS.O=C(O)CCS. The fourth-order valence-electron chi connectivity index (χ4n) is 0.574. The molecule has 0 fully saturated rings. The maximum absolute atomic E-state index is 9.55. The van der Waals surface area contributed by atoms with Gasteiger partial charge >= 0.3 is 35.8 Å². The average Bonchev–Trinajstić information content (AvgIpc) is 2.69. The van der Waals surface area contributed by atoms with Crippen LogP contribution in [0.15, 0.2) is 0 Å². The molecule has 0 amide bonds. The molecule has 0 bridgehead atoms. The standard InChI is InChI=1S/6C3H6O2S.H2O/c6*4-3(5)1-2-6;/h6*6H,1-2H2,(H,4,5);1H2. The highest BCUT2D eigenvalue weighted by molar-refractivity contribution is 7.81. The lowest BCUT2D eigenvalue weighted by Gasteiger charge is -1.79. The largest absolute Gasteiger partial charge is 0.481 e. The summed E-state index contributed by atoms with van der Waals surface area (Å²) in [6, 6.07) is 0. The summed E-state index contributed by atoms with van der Waals surface area (Å²) in [7, 11) is 0. The molecule has 0 radical (unpaired) electrons. The fourth-order valence-corrected chi connectivity index (χ4v) is 1.72. The zero-order valence-corrected chi connectivity index (χ0v) is 25.2. The topological polar surface area (TPSA) is 255 Å². The van der Waals surface area contributed by atoms with Crippen molar-refractivity contribution in [1.29, 1.82) is 0 Å². The summed E-state index contributed by atoms with van der Waals surface area (Å²) >= 11 is 22.1. The molecule has 0 aliphatic heterocycles. The van der Waals surface area contributed by atoms with Gasteiger partial charge in [0, 0.05) is 34.5 Å². The predicted molar refractivity (Wildman–Crippen MR) is 160 cm³/mol. The van der Waals surface area contributed by atoms with Gasteiger partial charge in [0.05, 0.1) is 38.5 Å². The zero-order valence-electron chi connectivity index (χ0n) is 19.8. The van der Waals surface area contributed by atoms with Crippen LogP contribution in [0.2, 0.25) is 0 Å². The molecule has 224 valence electrons. The minimum absolute atomic E-state index is 0. The molecule has 0 spiro atoms. The summed E-state index contributed by atoms with van der Waals surface area (Å²) in [6.45, 7) is 0. The van der Waals surface area contributed by atoms with Crippen LogP contribution in [0.3, 0.4) is 0 Å². The van der Waals surface area contributed by atoms with Crippen LogP contribution in [0.25, 0.3) is 0 Å². The second-order valence-electron chi connectivity index (χ2n) is 5.20. The van der Waals surface area contributed by atoms with Gasteiger partial charge in [-0.25, -0.2) is 0 Å². The highest BCUT2D eigenvalue weighted by Gasteiger charge is 1.90. The molecule has 8 N–H and O–H groups in total. The Morgan fingerprint density at radius 1 is 0.324 bits per heavy atom. The first-order valence-corrected chi connectivity index (χ1v) is 13.4. The number of hydrogen-bond acceptors (Lipinski definition) is 12. The first-order valence-electron chi connectivity index (χ1n) is 9.59. The van der Waals surface area contributed by atoms with Crippen molar-refractivity contribution in [3.63, 3.8) is 0 Å². The molecular weight excluding hydrogens is 617 g/mol. The van der Waals surface area contributed by atoms with Crippen LogP contribution in [0.5, 0.6) is 0 Å². The summed E-state index contributed by atoms with van der Waals surface area (Å²) in [5.74, 6) is -2.17. The summed E-state index contributed by atoms with van der Waals surface area (Å²) in [5, 5.41) is 47.2. The smallest absolute Gasteiger partial charge is 0.304 e. The molecule has 0 rings (SSSR count). The third kappa shape index (κ3) is 132. The van der Waals surface area contributed by atoms with Crippen LogP contribution in [0, 0.1) is 0 Å². The minimum Gasteiger partial charge on any atom is -0.481 e. The molecule has 0 saturated heterocycles. The molecule has 0 heterocycles. The van der Waals surface area contributed by atoms with Gasteiger partial charge in [0.25, 0.3) is 0 Å². The van der Waals surface area contributed by atoms with E-state index in [4.69, 9.17) is 30.6 Å². The number of carboxylic acid groups (broad SMARTS) is 6. The van der Waals surface area contributed by atoms with E-state index < -0.39 is 35.8 Å². The molecule has 0 aromatic carbocycles. The number of rotatable bonds is 12. The quantitative estimate of drug-likeness (QED) is 0.134. The van der Waals surface area contributed by atoms with Gasteiger partial charge in [0.15, 0.2) is 0 Å². The third-order valence-electron chi connectivity index (χ3n) is 1.95. The lowest BCUT2D eigenvalue weighted by atomic mass is 10.5. The average molecular weight is 655 g/mol. The van der Waals surface area contributed by atoms with Crippen molar-refractivity contribution in [3.05, 3.63) is 0 Å². The van der Waals surface area contributed by atoms with Crippen LogP contribution in [0.1, 0.15) is 38.5 Å². The normalized spacial score (nSPS) is 7.95. The molecule has 0 saturated carbocycles. The summed E-state index contributed by atoms with van der Waals surface area (Å²) in [5.41, 5.74) is 0. The Morgan fingerprint density at radius 2 is 0.405 bits per heavy atom. The van der Waals surface area contributed by atoms with Gasteiger partial charge < -0.3 is 36.1 Å². The number of aliphatic carboxylic acids is 6. The van der Waals surface area contributed by atoms with Gasteiger partial charge in [0.1, 0.15) is 0 Å². The number of carbonyl (C=O) groups is 6. The molecule has 19 heteroatoms. The fraction of sp³-hybridized carbons (Fsp3) is 0.667. The van der Waals surface area contributed by atoms with Gasteiger partial charge in [-0.3, -0.25) is 28.8 Å². The molecule has 0 aliphatic rings. The van der Waals surface area contributed by atoms with Crippen molar-refractivity contribution in [2.24, 2.45) is 0 Å². The maximum atomic E-state index is 9.55. The highest BCUT2D eigenvalue weighted by atomic mass is 32.1. The molecule has 37 heavy (non-hydrogen) atoms. The Morgan fingerprint density at radius 3 is 0.405 bits per heavy atom. The molecule has 0 aromatic rings. The van der Waals surface area contributed by atoms with E-state index in [9.17, 15) is 28.8 Å². The van der Waals surface area contributed by atoms with Crippen molar-refractivity contribution in [2.75, 3.05) is 34.5 Å². The Balaban J connectivity index is -0.0000000581. The monoisotopic (exact) mass is 654 g/mol. The van der Waals surface area contributed by atoms with Crippen LogP contribution in [-0.4, -0.2) is 106 Å². The van der Waals surface area contributed by atoms with Gasteiger partial charge in [-0.15, -0.1) is 0 Å². The van der Waals surface area contributed by atoms with Crippen LogP contribution in [-0.2, 0) is 28.8 Å². The molecule has 13 nitrogen and oxygen atoms in total. The Hall–Kier alpha value is -1.12. The molecule has 0 unspecified atom stereocenters. The van der Waals surface area contributed by atoms with E-state index in [0.29, 0.717) is 34.5 Å². The zero-order chi connectivity index (χ0) is 29.9. The van der Waals surface area contributed by atoms with Gasteiger partial charge in [-0.2, -0.15) is 75.8 Å². The van der Waals surface area contributed by atoms with Gasteiger partial charge in [-0.05, 0) is 0 Å². The van der Waals surface area contributed by atoms with Crippen LogP contribution < -0.4 is 0 Å². The Bertz CT molecular complexity index is 442. The summed E-state index contributed by atoms with van der Waals surface area (Å²) < 4.78 is 0. The second kappa shape index (κ2) is 48.0. The van der Waals surface area contributed by atoms with Crippen molar-refractivity contribution < 1.29 is 64.9 Å². The highest BCUT2D eigenvalue weighted by Crippen LogP contribution is 1.82. The van der Waals surface area contributed by atoms with E-state index in [1.54, 1.807) is 0 Å². The first kappa shape index (κ1) is 52.3. The number of carboxylic acids is 6. The van der Waals surface area contributed by atoms with E-state index >= 15 is 0 Å². The summed E-state index contributed by atoms with van der Waals surface area (Å²) in [4.78, 5) is 57.3. The van der Waals surface area contributed by atoms with E-state index in [2.05, 4.69) is 75.8 Å². The predicted octanol–water partition coefficient (Wildman–Crippen LogP) is 1.52. The Kier molecular flexibility index (Phi) is 67.9. The van der Waals surface area contributed by atoms with Crippen molar-refractivity contribution in [2.45, 2.75) is 38.5 Å². The molecule has 0 aromatic heterocycles. The summed E-state index contributed by atoms with van der Waals surface area (Å²) in [6.07, 6.45) is 0.935. The van der Waals surface area contributed by atoms with E-state index in [0.717, 1.165) is 0 Å². The van der Waals surface area contributed by atoms with E-state index in [1.807, 2.05) is 0 Å². The molecule has 0 aliphatic carbocycles. The third-order valence-corrected chi connectivity index (χ3v) is 3.30. The Labute approximate surface area is 248 Å². The maximum Gasteiger partial charge on any atom is 0.304 e. The molecule has 0 atom stereocenters. The van der Waals surface area contributed by atoms with Crippen LogP contribution in [0.4, 0.5) is 0 Å². The van der Waals surface area contributed by atoms with Crippen LogP contribution >= 0.6 is 75.8 Å². The van der Waals surface area contributed by atoms with E-state index in [1.165, 1.54) is 0 Å². The lowest BCUT2D eigenvalue weighted by molar-refractivity contribution is -0.137. The number of thiol groups is 6. The van der Waals surface area contributed by atoms with Gasteiger partial charge in [0.2, 0.25) is 0 Å². The van der Waals surface area contributed by atoms with E-state index in [-0.39, 0.29) is 44.0 Å². The van der Waals surface area contributed by atoms with Crippen molar-refractivity contribution in [1.82, 2.24) is 0 Å². The lowest BCUT2D eigenvalue weighted by Crippen LogP contribution is -1.93. The second-order valence-corrected chi connectivity index (χ2v) is 7.89. The van der Waals surface area contributed by atoms with Gasteiger partial charge in [-0.1, -0.05) is 0 Å². The number of hydrogen-bond donors (Lipinski definition) is 12. The minimum atomic E-state index is -0.787. The van der Waals surface area contributed by atoms with Crippen molar-refractivity contribution in [3.8, 4) is 0 Å². The molecular formula is C18H38O13S6. The van der Waals surface area contributed by atoms with Crippen molar-refractivity contribution >= 4 is 112 Å². The first-order chi connectivity index (χ1) is 16.6.